The van der Waals surface area contributed by atoms with Crippen LogP contribution in [0.25, 0.3) is 17.0 Å². The lowest BCUT2D eigenvalue weighted by Crippen LogP contribution is -1.90. The number of fused-ring (bicyclic) bond motifs is 1. The molecule has 3 heterocycles. The molecule has 0 unspecified atom stereocenters. The number of hydrogen-bond acceptors (Lipinski definition) is 3. The van der Waals surface area contributed by atoms with Gasteiger partial charge in [0, 0.05) is 18.5 Å². The van der Waals surface area contributed by atoms with Crippen LogP contribution in [0, 0.1) is 0 Å². The Morgan fingerprint density at radius 3 is 2.88 bits per heavy atom. The number of halogens is 1. The van der Waals surface area contributed by atoms with Gasteiger partial charge in [0.1, 0.15) is 16.0 Å². The Morgan fingerprint density at radius 1 is 1.24 bits per heavy atom. The van der Waals surface area contributed by atoms with E-state index in [2.05, 4.69) is 25.9 Å². The summed E-state index contributed by atoms with van der Waals surface area (Å²) in [5.74, 6) is 0.957. The van der Waals surface area contributed by atoms with Crippen LogP contribution in [-0.2, 0) is 0 Å². The van der Waals surface area contributed by atoms with E-state index in [1.807, 2.05) is 22.6 Å². The zero-order valence-corrected chi connectivity index (χ0v) is 10.3. The quantitative estimate of drug-likeness (QED) is 0.749. The predicted octanol–water partition coefficient (Wildman–Crippen LogP) is 2.86. The van der Waals surface area contributed by atoms with Crippen LogP contribution < -0.4 is 0 Å². The van der Waals surface area contributed by atoms with Gasteiger partial charge in [-0.15, -0.1) is 0 Å². The van der Waals surface area contributed by atoms with Crippen LogP contribution in [-0.4, -0.2) is 19.5 Å². The van der Waals surface area contributed by atoms with Crippen molar-refractivity contribution in [1.82, 2.24) is 14.4 Å². The SMILES string of the molecule is Oc1ccn2c(-c3ccccn3)nc(Br)c2c1. The third-order valence-electron chi connectivity index (χ3n) is 2.48. The number of imidazole rings is 1. The fourth-order valence-corrected chi connectivity index (χ4v) is 2.19. The normalized spacial score (nSPS) is 10.9. The van der Waals surface area contributed by atoms with Crippen LogP contribution in [0.1, 0.15) is 0 Å². The lowest BCUT2D eigenvalue weighted by molar-refractivity contribution is 0.475. The molecule has 0 radical (unpaired) electrons. The average molecular weight is 290 g/mol. The zero-order valence-electron chi connectivity index (χ0n) is 8.71. The Morgan fingerprint density at radius 2 is 2.12 bits per heavy atom. The number of aromatic nitrogens is 3. The highest BCUT2D eigenvalue weighted by Crippen LogP contribution is 2.26. The molecule has 0 saturated carbocycles. The van der Waals surface area contributed by atoms with Crippen LogP contribution in [0.15, 0.2) is 47.3 Å². The Labute approximate surface area is 106 Å². The molecule has 17 heavy (non-hydrogen) atoms. The molecular formula is C12H8BrN3O. The third-order valence-corrected chi connectivity index (χ3v) is 3.06. The number of pyridine rings is 2. The van der Waals surface area contributed by atoms with Gasteiger partial charge in [-0.3, -0.25) is 9.38 Å². The minimum atomic E-state index is 0.214. The van der Waals surface area contributed by atoms with Crippen molar-refractivity contribution in [2.75, 3.05) is 0 Å². The molecular weight excluding hydrogens is 282 g/mol. The molecule has 3 aromatic rings. The molecule has 0 bridgehead atoms. The Bertz CT molecular complexity index is 679. The molecule has 3 rings (SSSR count). The van der Waals surface area contributed by atoms with E-state index in [4.69, 9.17) is 0 Å². The molecule has 0 aliphatic carbocycles. The summed E-state index contributed by atoms with van der Waals surface area (Å²) in [5.41, 5.74) is 1.60. The fourth-order valence-electron chi connectivity index (χ4n) is 1.71. The summed E-state index contributed by atoms with van der Waals surface area (Å²) >= 11 is 3.38. The number of rotatable bonds is 1. The number of nitrogens with zero attached hydrogens (tertiary/aromatic N) is 3. The Balaban J connectivity index is 2.32. The van der Waals surface area contributed by atoms with Crippen molar-refractivity contribution in [2.45, 2.75) is 0 Å². The highest BCUT2D eigenvalue weighted by atomic mass is 79.9. The summed E-state index contributed by atoms with van der Waals surface area (Å²) in [6.07, 6.45) is 3.50. The predicted molar refractivity (Wildman–Crippen MR) is 67.8 cm³/mol. The largest absolute Gasteiger partial charge is 0.508 e. The van der Waals surface area contributed by atoms with E-state index < -0.39 is 0 Å². The smallest absolute Gasteiger partial charge is 0.164 e. The zero-order chi connectivity index (χ0) is 11.8. The van der Waals surface area contributed by atoms with Crippen molar-refractivity contribution in [3.05, 3.63) is 47.3 Å². The van der Waals surface area contributed by atoms with Crippen LogP contribution in [0.2, 0.25) is 0 Å². The molecule has 1 N–H and O–H groups in total. The molecule has 0 aromatic carbocycles. The van der Waals surface area contributed by atoms with Crippen molar-refractivity contribution in [2.24, 2.45) is 0 Å². The average Bonchev–Trinajstić information content (AvgIpc) is 2.68. The van der Waals surface area contributed by atoms with Gasteiger partial charge in [0.2, 0.25) is 0 Å². The summed E-state index contributed by atoms with van der Waals surface area (Å²) in [6.45, 7) is 0. The van der Waals surface area contributed by atoms with Gasteiger partial charge in [-0.25, -0.2) is 4.98 Å². The van der Waals surface area contributed by atoms with E-state index in [1.165, 1.54) is 0 Å². The minimum Gasteiger partial charge on any atom is -0.508 e. The molecule has 0 fully saturated rings. The second-order valence-electron chi connectivity index (χ2n) is 3.58. The number of hydrogen-bond donors (Lipinski definition) is 1. The van der Waals surface area contributed by atoms with Gasteiger partial charge in [-0.2, -0.15) is 0 Å². The van der Waals surface area contributed by atoms with Gasteiger partial charge in [-0.1, -0.05) is 6.07 Å². The molecule has 0 aliphatic heterocycles. The van der Waals surface area contributed by atoms with Crippen molar-refractivity contribution in [3.63, 3.8) is 0 Å². The first-order valence-electron chi connectivity index (χ1n) is 5.04. The lowest BCUT2D eigenvalue weighted by atomic mass is 10.3. The van der Waals surface area contributed by atoms with Gasteiger partial charge in [0.05, 0.1) is 5.52 Å². The van der Waals surface area contributed by atoms with Crippen LogP contribution in [0.3, 0.4) is 0 Å². The topological polar surface area (TPSA) is 50.4 Å². The monoisotopic (exact) mass is 289 g/mol. The molecule has 0 atom stereocenters. The van der Waals surface area contributed by atoms with Crippen molar-refractivity contribution < 1.29 is 5.11 Å². The van der Waals surface area contributed by atoms with Gasteiger partial charge in [0.15, 0.2) is 5.82 Å². The van der Waals surface area contributed by atoms with E-state index in [1.54, 1.807) is 24.5 Å². The first-order chi connectivity index (χ1) is 8.25. The van der Waals surface area contributed by atoms with E-state index in [0.717, 1.165) is 17.0 Å². The standard InChI is InChI=1S/C12H8BrN3O/c13-11-10-7-8(17)4-6-16(10)12(15-11)9-3-1-2-5-14-9/h1-7,17H. The summed E-state index contributed by atoms with van der Waals surface area (Å²) in [5, 5.41) is 9.46. The van der Waals surface area contributed by atoms with Crippen molar-refractivity contribution in [1.29, 1.82) is 0 Å². The maximum absolute atomic E-state index is 9.46. The van der Waals surface area contributed by atoms with Gasteiger partial charge in [-0.05, 0) is 34.1 Å². The summed E-state index contributed by atoms with van der Waals surface area (Å²) in [6, 6.07) is 8.95. The van der Waals surface area contributed by atoms with Gasteiger partial charge < -0.3 is 5.11 Å². The maximum Gasteiger partial charge on any atom is 0.164 e. The van der Waals surface area contributed by atoms with Crippen LogP contribution in [0.5, 0.6) is 5.75 Å². The molecule has 5 heteroatoms. The molecule has 0 spiro atoms. The first-order valence-corrected chi connectivity index (χ1v) is 5.83. The van der Waals surface area contributed by atoms with E-state index in [-0.39, 0.29) is 5.75 Å². The molecule has 0 saturated heterocycles. The molecule has 84 valence electrons. The van der Waals surface area contributed by atoms with Gasteiger partial charge in [0.25, 0.3) is 0 Å². The van der Waals surface area contributed by atoms with Crippen LogP contribution >= 0.6 is 15.9 Å². The summed E-state index contributed by atoms with van der Waals surface area (Å²) < 4.78 is 2.57. The minimum absolute atomic E-state index is 0.214. The third kappa shape index (κ3) is 1.68. The molecule has 0 amide bonds. The van der Waals surface area contributed by atoms with E-state index in [0.29, 0.717) is 4.60 Å². The van der Waals surface area contributed by atoms with Crippen molar-refractivity contribution in [3.8, 4) is 17.3 Å². The van der Waals surface area contributed by atoms with Crippen LogP contribution in [0.4, 0.5) is 0 Å². The van der Waals surface area contributed by atoms with Gasteiger partial charge >= 0.3 is 0 Å². The highest BCUT2D eigenvalue weighted by molar-refractivity contribution is 9.10. The second-order valence-corrected chi connectivity index (χ2v) is 4.33. The maximum atomic E-state index is 9.46. The molecule has 0 aliphatic rings. The Kier molecular flexibility index (Phi) is 2.33. The lowest BCUT2D eigenvalue weighted by Gasteiger charge is -2.00. The second kappa shape index (κ2) is 3.85. The summed E-state index contributed by atoms with van der Waals surface area (Å²) in [4.78, 5) is 8.68. The van der Waals surface area contributed by atoms with E-state index >= 15 is 0 Å². The summed E-state index contributed by atoms with van der Waals surface area (Å²) in [7, 11) is 0. The highest BCUT2D eigenvalue weighted by Gasteiger charge is 2.11. The van der Waals surface area contributed by atoms with Crippen molar-refractivity contribution >= 4 is 21.4 Å². The molecule has 3 aromatic heterocycles. The fraction of sp³-hybridized carbons (Fsp3) is 0. The van der Waals surface area contributed by atoms with E-state index in [9.17, 15) is 5.11 Å². The number of aromatic hydroxyl groups is 1. The Hall–Kier alpha value is -1.88. The first kappa shape index (κ1) is 10.3. The molecule has 4 nitrogen and oxygen atoms in total.